The Labute approximate surface area is 182 Å². The molecule has 162 valence electrons. The summed E-state index contributed by atoms with van der Waals surface area (Å²) in [6.45, 7) is 0.0180. The normalized spacial score (nSPS) is 14.7. The van der Waals surface area contributed by atoms with Gasteiger partial charge in [0.1, 0.15) is 0 Å². The van der Waals surface area contributed by atoms with Crippen molar-refractivity contribution in [2.45, 2.75) is 19.3 Å². The summed E-state index contributed by atoms with van der Waals surface area (Å²) >= 11 is 0. The first-order chi connectivity index (χ1) is 14.9. The fraction of sp³-hybridized carbons (Fsp3) is 0.292. The minimum atomic E-state index is -0.258. The monoisotopic (exact) mass is 420 g/mol. The van der Waals surface area contributed by atoms with Crippen LogP contribution in [-0.2, 0) is 9.59 Å². The molecule has 0 fully saturated rings. The maximum atomic E-state index is 12.4. The average Bonchev–Trinajstić information content (AvgIpc) is 3.25. The van der Waals surface area contributed by atoms with Crippen LogP contribution in [-0.4, -0.2) is 43.3 Å². The lowest BCUT2D eigenvalue weighted by Crippen LogP contribution is -2.24. The van der Waals surface area contributed by atoms with Gasteiger partial charge in [-0.05, 0) is 49.1 Å². The van der Waals surface area contributed by atoms with E-state index in [4.69, 9.17) is 0 Å². The molecule has 31 heavy (non-hydrogen) atoms. The van der Waals surface area contributed by atoms with Crippen molar-refractivity contribution in [2.75, 3.05) is 36.6 Å². The molecule has 3 rings (SSSR count). The van der Waals surface area contributed by atoms with Gasteiger partial charge in [-0.2, -0.15) is 0 Å². The van der Waals surface area contributed by atoms with E-state index in [1.165, 1.54) is 4.90 Å². The molecular formula is C24H28N4O3. The summed E-state index contributed by atoms with van der Waals surface area (Å²) in [7, 11) is 3.36. The molecule has 0 saturated carbocycles. The molecule has 1 atom stereocenters. The number of nitrogens with zero attached hydrogens (tertiary/aromatic N) is 1. The predicted molar refractivity (Wildman–Crippen MR) is 123 cm³/mol. The van der Waals surface area contributed by atoms with E-state index in [0.29, 0.717) is 35.0 Å². The number of carbonyl (C=O) groups excluding carboxylic acids is 3. The molecule has 3 amide bonds. The van der Waals surface area contributed by atoms with E-state index in [0.717, 1.165) is 12.8 Å². The Kier molecular flexibility index (Phi) is 7.43. The molecule has 0 bridgehead atoms. The number of hydrogen-bond donors (Lipinski definition) is 3. The Hall–Kier alpha value is -3.61. The van der Waals surface area contributed by atoms with Gasteiger partial charge < -0.3 is 20.9 Å². The summed E-state index contributed by atoms with van der Waals surface area (Å²) in [6, 6.07) is 14.1. The molecule has 1 unspecified atom stereocenters. The molecule has 7 nitrogen and oxygen atoms in total. The molecule has 0 aromatic heterocycles. The maximum absolute atomic E-state index is 12.4. The van der Waals surface area contributed by atoms with Crippen molar-refractivity contribution in [3.63, 3.8) is 0 Å². The van der Waals surface area contributed by atoms with Crippen molar-refractivity contribution in [1.82, 2.24) is 4.90 Å². The Balaban J connectivity index is 1.56. The number of benzene rings is 2. The zero-order valence-electron chi connectivity index (χ0n) is 17.9. The lowest BCUT2D eigenvalue weighted by molar-refractivity contribution is -0.117. The number of rotatable bonds is 8. The maximum Gasteiger partial charge on any atom is 0.253 e. The first kappa shape index (κ1) is 22.1. The summed E-state index contributed by atoms with van der Waals surface area (Å²) < 4.78 is 0. The number of nitrogens with one attached hydrogen (secondary N) is 3. The lowest BCUT2D eigenvalue weighted by atomic mass is 10.0. The standard InChI is InChI=1S/C24H28N4O3/c1-28(2)24(31)18-10-7-11-19(15-18)26-23(30)16-25-20-12-5-6-13-21(20)27-22(29)14-17-8-3-4-9-17/h3,5-8,10-13,15,17,25H,4,9,14,16H2,1-2H3,(H,26,30)(H,27,29). The van der Waals surface area contributed by atoms with Crippen LogP contribution in [0.4, 0.5) is 17.1 Å². The third-order valence-corrected chi connectivity index (χ3v) is 5.00. The fourth-order valence-corrected chi connectivity index (χ4v) is 3.42. The van der Waals surface area contributed by atoms with Gasteiger partial charge in [0.25, 0.3) is 5.91 Å². The zero-order chi connectivity index (χ0) is 22.2. The number of hydrogen-bond acceptors (Lipinski definition) is 4. The summed E-state index contributed by atoms with van der Waals surface area (Å²) in [5.41, 5.74) is 2.36. The van der Waals surface area contributed by atoms with Gasteiger partial charge in [-0.25, -0.2) is 0 Å². The molecule has 0 spiro atoms. The highest BCUT2D eigenvalue weighted by Gasteiger charge is 2.15. The smallest absolute Gasteiger partial charge is 0.253 e. The van der Waals surface area contributed by atoms with Gasteiger partial charge in [-0.3, -0.25) is 14.4 Å². The molecular weight excluding hydrogens is 392 g/mol. The van der Waals surface area contributed by atoms with Crippen LogP contribution >= 0.6 is 0 Å². The number of amides is 3. The molecule has 7 heteroatoms. The SMILES string of the molecule is CN(C)C(=O)c1cccc(NC(=O)CNc2ccccc2NC(=O)CC2C=CCC2)c1. The van der Waals surface area contributed by atoms with Crippen LogP contribution in [0.15, 0.2) is 60.7 Å². The van der Waals surface area contributed by atoms with Crippen molar-refractivity contribution >= 4 is 34.8 Å². The fourth-order valence-electron chi connectivity index (χ4n) is 3.42. The third kappa shape index (κ3) is 6.44. The minimum Gasteiger partial charge on any atom is -0.374 e. The molecule has 0 saturated heterocycles. The quantitative estimate of drug-likeness (QED) is 0.568. The van der Waals surface area contributed by atoms with Gasteiger partial charge in [0.05, 0.1) is 17.9 Å². The molecule has 0 radical (unpaired) electrons. The predicted octanol–water partition coefficient (Wildman–Crippen LogP) is 3.73. The molecule has 1 aliphatic rings. The van der Waals surface area contributed by atoms with Crippen LogP contribution in [0.2, 0.25) is 0 Å². The topological polar surface area (TPSA) is 90.5 Å². The zero-order valence-corrected chi connectivity index (χ0v) is 17.9. The number of carbonyl (C=O) groups is 3. The van der Waals surface area contributed by atoms with Crippen molar-refractivity contribution in [2.24, 2.45) is 5.92 Å². The van der Waals surface area contributed by atoms with Crippen LogP contribution < -0.4 is 16.0 Å². The van der Waals surface area contributed by atoms with Crippen molar-refractivity contribution < 1.29 is 14.4 Å². The van der Waals surface area contributed by atoms with E-state index in [1.807, 2.05) is 18.2 Å². The Morgan fingerprint density at radius 2 is 1.74 bits per heavy atom. The van der Waals surface area contributed by atoms with Crippen LogP contribution in [0.1, 0.15) is 29.6 Å². The number of para-hydroxylation sites is 2. The van der Waals surface area contributed by atoms with Crippen LogP contribution in [0, 0.1) is 5.92 Å². The van der Waals surface area contributed by atoms with Crippen molar-refractivity contribution in [1.29, 1.82) is 0 Å². The molecule has 2 aromatic rings. The van der Waals surface area contributed by atoms with Crippen LogP contribution in [0.25, 0.3) is 0 Å². The van der Waals surface area contributed by atoms with Crippen molar-refractivity contribution in [3.05, 3.63) is 66.2 Å². The van der Waals surface area contributed by atoms with Crippen LogP contribution in [0.3, 0.4) is 0 Å². The molecule has 3 N–H and O–H groups in total. The summed E-state index contributed by atoms with van der Waals surface area (Å²) in [5.74, 6) is -0.141. The van der Waals surface area contributed by atoms with Gasteiger partial charge in [-0.1, -0.05) is 30.4 Å². The second-order valence-corrected chi connectivity index (χ2v) is 7.75. The number of allylic oxidation sites excluding steroid dienone is 2. The summed E-state index contributed by atoms with van der Waals surface area (Å²) in [6.07, 6.45) is 6.69. The largest absolute Gasteiger partial charge is 0.374 e. The highest BCUT2D eigenvalue weighted by molar-refractivity contribution is 5.99. The van der Waals surface area contributed by atoms with E-state index in [2.05, 4.69) is 28.1 Å². The Morgan fingerprint density at radius 1 is 0.968 bits per heavy atom. The highest BCUT2D eigenvalue weighted by Crippen LogP contribution is 2.24. The lowest BCUT2D eigenvalue weighted by Gasteiger charge is -2.15. The molecule has 0 heterocycles. The molecule has 0 aliphatic heterocycles. The van der Waals surface area contributed by atoms with Crippen LogP contribution in [0.5, 0.6) is 0 Å². The van der Waals surface area contributed by atoms with E-state index >= 15 is 0 Å². The van der Waals surface area contributed by atoms with Gasteiger partial charge in [0.15, 0.2) is 0 Å². The first-order valence-corrected chi connectivity index (χ1v) is 10.3. The summed E-state index contributed by atoms with van der Waals surface area (Å²) in [5, 5.41) is 8.79. The van der Waals surface area contributed by atoms with Gasteiger partial charge in [-0.15, -0.1) is 0 Å². The second kappa shape index (κ2) is 10.4. The minimum absolute atomic E-state index is 0.0180. The molecule has 1 aliphatic carbocycles. The van der Waals surface area contributed by atoms with E-state index in [1.54, 1.807) is 44.4 Å². The second-order valence-electron chi connectivity index (χ2n) is 7.75. The summed E-state index contributed by atoms with van der Waals surface area (Å²) in [4.78, 5) is 38.3. The highest BCUT2D eigenvalue weighted by atomic mass is 16.2. The van der Waals surface area contributed by atoms with E-state index in [-0.39, 0.29) is 24.3 Å². The Bertz CT molecular complexity index is 984. The van der Waals surface area contributed by atoms with E-state index in [9.17, 15) is 14.4 Å². The number of anilines is 3. The Morgan fingerprint density at radius 3 is 2.45 bits per heavy atom. The van der Waals surface area contributed by atoms with Gasteiger partial charge >= 0.3 is 0 Å². The van der Waals surface area contributed by atoms with Gasteiger partial charge in [0.2, 0.25) is 11.8 Å². The van der Waals surface area contributed by atoms with E-state index < -0.39 is 0 Å². The molecule has 2 aromatic carbocycles. The average molecular weight is 421 g/mol. The van der Waals surface area contributed by atoms with Crippen molar-refractivity contribution in [3.8, 4) is 0 Å². The third-order valence-electron chi connectivity index (χ3n) is 5.00. The first-order valence-electron chi connectivity index (χ1n) is 10.3. The van der Waals surface area contributed by atoms with Gasteiger partial charge in [0, 0.05) is 31.8 Å².